The number of nitrogens with one attached hydrogen (secondary N) is 3. The fourth-order valence-corrected chi connectivity index (χ4v) is 4.56. The van der Waals surface area contributed by atoms with E-state index >= 15 is 0 Å². The minimum atomic E-state index is -4.19. The second-order valence-corrected chi connectivity index (χ2v) is 9.55. The van der Waals surface area contributed by atoms with Gasteiger partial charge in [0.15, 0.2) is 0 Å². The van der Waals surface area contributed by atoms with Crippen LogP contribution in [-0.2, 0) is 20.0 Å². The van der Waals surface area contributed by atoms with Gasteiger partial charge in [0.2, 0.25) is 10.0 Å². The van der Waals surface area contributed by atoms with Crippen LogP contribution in [0.2, 0.25) is 0 Å². The highest BCUT2D eigenvalue weighted by molar-refractivity contribution is 7.92. The van der Waals surface area contributed by atoms with Gasteiger partial charge in [-0.25, -0.2) is 21.6 Å². The predicted octanol–water partition coefficient (Wildman–Crippen LogP) is 1.46. The summed E-state index contributed by atoms with van der Waals surface area (Å²) < 4.78 is 59.8. The molecule has 11 heteroatoms. The van der Waals surface area contributed by atoms with Gasteiger partial charge in [0.25, 0.3) is 15.9 Å². The number of hydrogen-bond donors (Lipinski definition) is 3. The van der Waals surface area contributed by atoms with Crippen LogP contribution >= 0.6 is 0 Å². The van der Waals surface area contributed by atoms with Crippen molar-refractivity contribution >= 4 is 31.6 Å². The molecule has 0 aliphatic rings. The molecule has 3 N–H and O–H groups in total. The number of aryl methyl sites for hydroxylation is 1. The molecule has 0 unspecified atom stereocenters. The zero-order valence-corrected chi connectivity index (χ0v) is 18.1. The number of benzene rings is 2. The van der Waals surface area contributed by atoms with E-state index in [1.54, 1.807) is 13.8 Å². The molecule has 0 aliphatic heterocycles. The molecular weight excluding hydrogens is 418 g/mol. The third-order valence-electron chi connectivity index (χ3n) is 4.09. The Balaban J connectivity index is 2.53. The normalized spacial score (nSPS) is 11.7. The van der Waals surface area contributed by atoms with Gasteiger partial charge < -0.3 is 10.1 Å². The number of amides is 1. The number of carbonyl (C=O) groups is 1. The lowest BCUT2D eigenvalue weighted by molar-refractivity contribution is 0.0955. The summed E-state index contributed by atoms with van der Waals surface area (Å²) >= 11 is 0. The Bertz CT molecular complexity index is 1130. The van der Waals surface area contributed by atoms with Gasteiger partial charge in [0, 0.05) is 12.1 Å². The molecule has 1 amide bonds. The van der Waals surface area contributed by atoms with E-state index in [0.29, 0.717) is 12.1 Å². The molecule has 0 radical (unpaired) electrons. The number of hydrogen-bond acceptors (Lipinski definition) is 6. The molecule has 0 aromatic heterocycles. The molecule has 0 spiro atoms. The van der Waals surface area contributed by atoms with Crippen LogP contribution in [0.5, 0.6) is 5.75 Å². The monoisotopic (exact) mass is 441 g/mol. The Morgan fingerprint density at radius 3 is 2.31 bits per heavy atom. The molecular formula is C18H23N3O6S2. The lowest BCUT2D eigenvalue weighted by Crippen LogP contribution is -2.23. The Labute approximate surface area is 170 Å². The van der Waals surface area contributed by atoms with Crippen molar-refractivity contribution in [3.63, 3.8) is 0 Å². The molecule has 2 aromatic rings. The summed E-state index contributed by atoms with van der Waals surface area (Å²) in [5.74, 6) is -0.382. The predicted molar refractivity (Wildman–Crippen MR) is 109 cm³/mol. The summed E-state index contributed by atoms with van der Waals surface area (Å²) in [5, 5.41) is 2.60. The fourth-order valence-electron chi connectivity index (χ4n) is 2.49. The quantitative estimate of drug-likeness (QED) is 0.569. The van der Waals surface area contributed by atoms with E-state index in [2.05, 4.69) is 14.8 Å². The number of ether oxygens (including phenoxy) is 1. The van der Waals surface area contributed by atoms with Gasteiger partial charge in [-0.1, -0.05) is 6.07 Å². The highest BCUT2D eigenvalue weighted by Gasteiger charge is 2.23. The summed E-state index contributed by atoms with van der Waals surface area (Å²) in [4.78, 5) is 11.7. The molecule has 0 atom stereocenters. The van der Waals surface area contributed by atoms with E-state index < -0.39 is 26.0 Å². The maximum Gasteiger partial charge on any atom is 0.265 e. The standard InChI is InChI=1S/C18H23N3O6S2/c1-5-20-18(22)13-7-9-16(27-4)17(10-13)29(25,26)21-15-11-14(8-6-12(15)2)28(23,24)19-3/h6-11,19,21H,5H2,1-4H3,(H,20,22). The van der Waals surface area contributed by atoms with E-state index in [1.165, 1.54) is 50.6 Å². The van der Waals surface area contributed by atoms with Crippen LogP contribution in [0.25, 0.3) is 0 Å². The zero-order chi connectivity index (χ0) is 21.8. The Kier molecular flexibility index (Phi) is 6.88. The Morgan fingerprint density at radius 1 is 1.03 bits per heavy atom. The zero-order valence-electron chi connectivity index (χ0n) is 16.4. The Hall–Kier alpha value is -2.63. The first-order valence-electron chi connectivity index (χ1n) is 8.59. The third-order valence-corrected chi connectivity index (χ3v) is 6.88. The largest absolute Gasteiger partial charge is 0.495 e. The molecule has 0 bridgehead atoms. The third kappa shape index (κ3) is 5.05. The second-order valence-electron chi connectivity index (χ2n) is 6.01. The summed E-state index contributed by atoms with van der Waals surface area (Å²) in [6.07, 6.45) is 0. The molecule has 9 nitrogen and oxygen atoms in total. The van der Waals surface area contributed by atoms with Crippen LogP contribution in [-0.4, -0.2) is 43.4 Å². The topological polar surface area (TPSA) is 131 Å². The molecule has 29 heavy (non-hydrogen) atoms. The number of carbonyl (C=O) groups excluding carboxylic acids is 1. The average Bonchev–Trinajstić information content (AvgIpc) is 2.69. The smallest absolute Gasteiger partial charge is 0.265 e. The van der Waals surface area contributed by atoms with Gasteiger partial charge in [-0.3, -0.25) is 9.52 Å². The number of rotatable bonds is 8. The summed E-state index contributed by atoms with van der Waals surface area (Å²) in [7, 11) is -5.37. The Morgan fingerprint density at radius 2 is 1.72 bits per heavy atom. The highest BCUT2D eigenvalue weighted by atomic mass is 32.2. The van der Waals surface area contributed by atoms with Crippen LogP contribution in [0.15, 0.2) is 46.2 Å². The first kappa shape index (κ1) is 22.7. The molecule has 0 saturated heterocycles. The van der Waals surface area contributed by atoms with Crippen LogP contribution in [0, 0.1) is 6.92 Å². The number of anilines is 1. The van der Waals surface area contributed by atoms with Crippen molar-refractivity contribution in [1.82, 2.24) is 10.0 Å². The minimum absolute atomic E-state index is 0.0437. The second kappa shape index (κ2) is 8.80. The van der Waals surface area contributed by atoms with Crippen molar-refractivity contribution in [3.8, 4) is 5.75 Å². The fraction of sp³-hybridized carbons (Fsp3) is 0.278. The van der Waals surface area contributed by atoms with Crippen LogP contribution in [0.1, 0.15) is 22.8 Å². The molecule has 0 heterocycles. The number of methoxy groups -OCH3 is 1. The SMILES string of the molecule is CCNC(=O)c1ccc(OC)c(S(=O)(=O)Nc2cc(S(=O)(=O)NC)ccc2C)c1. The molecule has 0 fully saturated rings. The summed E-state index contributed by atoms with van der Waals surface area (Å²) in [6.45, 7) is 3.77. The molecule has 0 saturated carbocycles. The lowest BCUT2D eigenvalue weighted by Gasteiger charge is -2.15. The van der Waals surface area contributed by atoms with Crippen LogP contribution in [0.3, 0.4) is 0 Å². The minimum Gasteiger partial charge on any atom is -0.495 e. The lowest BCUT2D eigenvalue weighted by atomic mass is 10.2. The number of sulfonamides is 2. The average molecular weight is 442 g/mol. The van der Waals surface area contributed by atoms with Crippen molar-refractivity contribution in [2.75, 3.05) is 25.4 Å². The van der Waals surface area contributed by atoms with Crippen LogP contribution in [0.4, 0.5) is 5.69 Å². The van der Waals surface area contributed by atoms with Crippen molar-refractivity contribution < 1.29 is 26.4 Å². The molecule has 2 aromatic carbocycles. The highest BCUT2D eigenvalue weighted by Crippen LogP contribution is 2.29. The van der Waals surface area contributed by atoms with Gasteiger partial charge in [0.1, 0.15) is 10.6 Å². The van der Waals surface area contributed by atoms with Crippen LogP contribution < -0.4 is 19.5 Å². The molecule has 158 valence electrons. The van der Waals surface area contributed by atoms with Gasteiger partial charge >= 0.3 is 0 Å². The molecule has 0 aliphatic carbocycles. The maximum absolute atomic E-state index is 13.0. The van der Waals surface area contributed by atoms with Gasteiger partial charge in [-0.15, -0.1) is 0 Å². The van der Waals surface area contributed by atoms with E-state index in [9.17, 15) is 21.6 Å². The van der Waals surface area contributed by atoms with E-state index in [4.69, 9.17) is 4.74 Å². The van der Waals surface area contributed by atoms with Gasteiger partial charge in [0.05, 0.1) is 17.7 Å². The van der Waals surface area contributed by atoms with Crippen molar-refractivity contribution in [1.29, 1.82) is 0 Å². The first-order chi connectivity index (χ1) is 13.6. The van der Waals surface area contributed by atoms with Gasteiger partial charge in [-0.2, -0.15) is 0 Å². The maximum atomic E-state index is 13.0. The van der Waals surface area contributed by atoms with Gasteiger partial charge in [-0.05, 0) is 56.8 Å². The first-order valence-corrected chi connectivity index (χ1v) is 11.6. The van der Waals surface area contributed by atoms with E-state index in [0.717, 1.165) is 0 Å². The van der Waals surface area contributed by atoms with Crippen molar-refractivity contribution in [3.05, 3.63) is 47.5 Å². The van der Waals surface area contributed by atoms with Crippen molar-refractivity contribution in [2.24, 2.45) is 0 Å². The van der Waals surface area contributed by atoms with E-state index in [-0.39, 0.29) is 26.8 Å². The molecule has 2 rings (SSSR count). The summed E-state index contributed by atoms with van der Waals surface area (Å²) in [5.41, 5.74) is 0.755. The van der Waals surface area contributed by atoms with E-state index in [1.807, 2.05) is 0 Å². The summed E-state index contributed by atoms with van der Waals surface area (Å²) in [6, 6.07) is 8.12. The van der Waals surface area contributed by atoms with Crippen molar-refractivity contribution in [2.45, 2.75) is 23.6 Å².